The number of pyridine rings is 1. The van der Waals surface area contributed by atoms with Gasteiger partial charge in [-0.15, -0.1) is 0 Å². The first-order valence-corrected chi connectivity index (χ1v) is 8.39. The second-order valence-electron chi connectivity index (χ2n) is 6.25. The first-order chi connectivity index (χ1) is 12.8. The quantitative estimate of drug-likeness (QED) is 0.491. The van der Waals surface area contributed by atoms with Crippen LogP contribution in [-0.2, 0) is 0 Å². The molecule has 5 rings (SSSR count). The van der Waals surface area contributed by atoms with Crippen LogP contribution in [0.4, 0.5) is 0 Å². The smallest absolute Gasteiger partial charge is 0.264 e. The fourth-order valence-electron chi connectivity index (χ4n) is 3.56. The van der Waals surface area contributed by atoms with Crippen LogP contribution in [0.5, 0.6) is 0 Å². The van der Waals surface area contributed by atoms with Crippen LogP contribution in [0.1, 0.15) is 15.9 Å². The Kier molecular flexibility index (Phi) is 3.06. The van der Waals surface area contributed by atoms with E-state index in [1.54, 1.807) is 22.6 Å². The number of ketones is 1. The van der Waals surface area contributed by atoms with Crippen molar-refractivity contribution in [2.24, 2.45) is 0 Å². The highest BCUT2D eigenvalue weighted by molar-refractivity contribution is 6.20. The summed E-state index contributed by atoms with van der Waals surface area (Å²) in [6, 6.07) is 24.0. The van der Waals surface area contributed by atoms with E-state index in [1.165, 1.54) is 0 Å². The molecule has 0 aliphatic rings. The van der Waals surface area contributed by atoms with Gasteiger partial charge in [-0.1, -0.05) is 60.7 Å². The van der Waals surface area contributed by atoms with Crippen LogP contribution in [0.25, 0.3) is 27.5 Å². The van der Waals surface area contributed by atoms with Gasteiger partial charge in [-0.25, -0.2) is 0 Å². The van der Waals surface area contributed by atoms with Gasteiger partial charge in [-0.3, -0.25) is 14.0 Å². The van der Waals surface area contributed by atoms with Crippen LogP contribution in [0, 0.1) is 0 Å². The topological polar surface area (TPSA) is 54.3 Å². The fraction of sp³-hybridized carbons (Fsp3) is 0. The fourth-order valence-corrected chi connectivity index (χ4v) is 3.56. The van der Waals surface area contributed by atoms with E-state index in [0.717, 1.165) is 11.0 Å². The summed E-state index contributed by atoms with van der Waals surface area (Å²) in [4.78, 5) is 29.7. The van der Waals surface area contributed by atoms with E-state index in [1.807, 2.05) is 60.7 Å². The minimum atomic E-state index is -0.127. The molecular weight excluding hydrogens is 324 g/mol. The SMILES string of the molecule is O=C(c1ccccc1)c1c2ccccc2c(=O)n2c1[nH]c1ccccc12. The van der Waals surface area contributed by atoms with Gasteiger partial charge in [0.15, 0.2) is 5.78 Å². The number of rotatable bonds is 2. The Balaban J connectivity index is 2.02. The molecule has 0 amide bonds. The number of imidazole rings is 1. The van der Waals surface area contributed by atoms with Crippen LogP contribution in [0.15, 0.2) is 83.7 Å². The molecule has 0 saturated heterocycles. The number of nitrogens with one attached hydrogen (secondary N) is 1. The standard InChI is InChI=1S/C22H14N2O2/c25-20(14-8-2-1-3-9-14)19-15-10-4-5-11-16(15)22(26)24-18-13-7-6-12-17(18)23-21(19)24/h1-13,23H. The van der Waals surface area contributed by atoms with Crippen molar-refractivity contribution in [3.05, 3.63) is 100 Å². The molecule has 0 bridgehead atoms. The summed E-state index contributed by atoms with van der Waals surface area (Å²) in [5, 5.41) is 1.20. The van der Waals surface area contributed by atoms with Crippen molar-refractivity contribution in [3.8, 4) is 0 Å². The van der Waals surface area contributed by atoms with Crippen LogP contribution in [0.2, 0.25) is 0 Å². The Bertz CT molecular complexity index is 1360. The Morgan fingerprint density at radius 2 is 1.42 bits per heavy atom. The average Bonchev–Trinajstić information content (AvgIpc) is 3.08. The van der Waals surface area contributed by atoms with Crippen molar-refractivity contribution in [2.45, 2.75) is 0 Å². The highest BCUT2D eigenvalue weighted by atomic mass is 16.1. The number of carbonyl (C=O) groups excluding carboxylic acids is 1. The highest BCUT2D eigenvalue weighted by Gasteiger charge is 2.21. The second-order valence-corrected chi connectivity index (χ2v) is 6.25. The maximum atomic E-state index is 13.3. The van der Waals surface area contributed by atoms with E-state index < -0.39 is 0 Å². The molecule has 0 radical (unpaired) electrons. The molecule has 0 spiro atoms. The number of nitrogens with zero attached hydrogens (tertiary/aromatic N) is 1. The number of hydrogen-bond acceptors (Lipinski definition) is 2. The molecule has 4 nitrogen and oxygen atoms in total. The number of carbonyl (C=O) groups is 1. The number of aromatic nitrogens is 2. The van der Waals surface area contributed by atoms with Crippen molar-refractivity contribution in [3.63, 3.8) is 0 Å². The summed E-state index contributed by atoms with van der Waals surface area (Å²) >= 11 is 0. The molecule has 2 aromatic heterocycles. The predicted molar refractivity (Wildman–Crippen MR) is 103 cm³/mol. The minimum absolute atomic E-state index is 0.106. The first kappa shape index (κ1) is 14.7. The summed E-state index contributed by atoms with van der Waals surface area (Å²) in [5.74, 6) is -0.106. The molecule has 4 heteroatoms. The maximum Gasteiger partial charge on any atom is 0.264 e. The third-order valence-electron chi connectivity index (χ3n) is 4.75. The summed E-state index contributed by atoms with van der Waals surface area (Å²) in [7, 11) is 0. The zero-order valence-electron chi connectivity index (χ0n) is 13.8. The normalized spacial score (nSPS) is 11.4. The van der Waals surface area contributed by atoms with Crippen molar-refractivity contribution >= 4 is 33.2 Å². The van der Waals surface area contributed by atoms with E-state index in [4.69, 9.17) is 0 Å². The molecule has 0 aliphatic carbocycles. The van der Waals surface area contributed by atoms with E-state index in [0.29, 0.717) is 27.5 Å². The minimum Gasteiger partial charge on any atom is -0.339 e. The lowest BCUT2D eigenvalue weighted by atomic mass is 9.99. The van der Waals surface area contributed by atoms with Crippen LogP contribution >= 0.6 is 0 Å². The molecule has 1 N–H and O–H groups in total. The van der Waals surface area contributed by atoms with Crippen molar-refractivity contribution in [2.75, 3.05) is 0 Å². The maximum absolute atomic E-state index is 13.3. The molecule has 0 atom stereocenters. The molecule has 0 aliphatic heterocycles. The zero-order valence-corrected chi connectivity index (χ0v) is 13.8. The molecule has 2 heterocycles. The molecule has 0 saturated carbocycles. The molecular formula is C22H14N2O2. The largest absolute Gasteiger partial charge is 0.339 e. The van der Waals surface area contributed by atoms with Gasteiger partial charge < -0.3 is 4.98 Å². The Hall–Kier alpha value is -3.66. The molecule has 26 heavy (non-hydrogen) atoms. The van der Waals surface area contributed by atoms with Gasteiger partial charge in [-0.2, -0.15) is 0 Å². The zero-order chi connectivity index (χ0) is 17.7. The number of aromatic amines is 1. The predicted octanol–water partition coefficient (Wildman–Crippen LogP) is 4.17. The van der Waals surface area contributed by atoms with Gasteiger partial charge >= 0.3 is 0 Å². The lowest BCUT2D eigenvalue weighted by Gasteiger charge is -2.08. The lowest BCUT2D eigenvalue weighted by Crippen LogP contribution is -2.17. The van der Waals surface area contributed by atoms with Gasteiger partial charge in [0.1, 0.15) is 5.65 Å². The number of fused-ring (bicyclic) bond motifs is 4. The van der Waals surface area contributed by atoms with E-state index >= 15 is 0 Å². The number of para-hydroxylation sites is 2. The Morgan fingerprint density at radius 3 is 2.23 bits per heavy atom. The lowest BCUT2D eigenvalue weighted by molar-refractivity contribution is 0.104. The third-order valence-corrected chi connectivity index (χ3v) is 4.75. The third kappa shape index (κ3) is 1.96. The number of H-pyrrole nitrogens is 1. The average molecular weight is 338 g/mol. The van der Waals surface area contributed by atoms with Crippen molar-refractivity contribution in [1.29, 1.82) is 0 Å². The molecule has 0 fully saturated rings. The van der Waals surface area contributed by atoms with Gasteiger partial charge in [0.25, 0.3) is 5.56 Å². The van der Waals surface area contributed by atoms with Crippen LogP contribution in [0.3, 0.4) is 0 Å². The highest BCUT2D eigenvalue weighted by Crippen LogP contribution is 2.26. The molecule has 124 valence electrons. The first-order valence-electron chi connectivity index (χ1n) is 8.39. The van der Waals surface area contributed by atoms with E-state index in [9.17, 15) is 9.59 Å². The molecule has 0 unspecified atom stereocenters. The molecule has 3 aromatic carbocycles. The van der Waals surface area contributed by atoms with Crippen molar-refractivity contribution < 1.29 is 4.79 Å². The van der Waals surface area contributed by atoms with Gasteiger partial charge in [0.2, 0.25) is 0 Å². The van der Waals surface area contributed by atoms with E-state index in [-0.39, 0.29) is 11.3 Å². The number of benzene rings is 3. The van der Waals surface area contributed by atoms with Gasteiger partial charge in [0, 0.05) is 16.3 Å². The molecule has 5 aromatic rings. The van der Waals surface area contributed by atoms with Gasteiger partial charge in [0.05, 0.1) is 16.6 Å². The summed E-state index contributed by atoms with van der Waals surface area (Å²) < 4.78 is 1.60. The second kappa shape index (κ2) is 5.43. The summed E-state index contributed by atoms with van der Waals surface area (Å²) in [6.45, 7) is 0. The summed E-state index contributed by atoms with van der Waals surface area (Å²) in [6.07, 6.45) is 0. The number of hydrogen-bond donors (Lipinski definition) is 1. The monoisotopic (exact) mass is 338 g/mol. The van der Waals surface area contributed by atoms with Gasteiger partial charge in [-0.05, 0) is 18.2 Å². The Labute approximate surface area is 148 Å². The summed E-state index contributed by atoms with van der Waals surface area (Å²) in [5.41, 5.74) is 3.10. The van der Waals surface area contributed by atoms with Crippen LogP contribution < -0.4 is 5.56 Å². The van der Waals surface area contributed by atoms with Crippen molar-refractivity contribution in [1.82, 2.24) is 9.38 Å². The Morgan fingerprint density at radius 1 is 0.769 bits per heavy atom. The van der Waals surface area contributed by atoms with Crippen LogP contribution in [-0.4, -0.2) is 15.2 Å². The van der Waals surface area contributed by atoms with E-state index in [2.05, 4.69) is 4.98 Å².